The maximum absolute atomic E-state index is 12.3. The van der Waals surface area contributed by atoms with Gasteiger partial charge in [0, 0.05) is 57.7 Å². The van der Waals surface area contributed by atoms with E-state index < -0.39 is 0 Å². The van der Waals surface area contributed by atoms with Crippen molar-refractivity contribution in [2.45, 2.75) is 33.2 Å². The van der Waals surface area contributed by atoms with Crippen molar-refractivity contribution in [3.8, 4) is 5.75 Å². The third-order valence-corrected chi connectivity index (χ3v) is 6.08. The number of methoxy groups -OCH3 is 1. The molecule has 32 heavy (non-hydrogen) atoms. The Morgan fingerprint density at radius 3 is 2.53 bits per heavy atom. The van der Waals surface area contributed by atoms with E-state index in [0.29, 0.717) is 18.4 Å². The van der Waals surface area contributed by atoms with Crippen LogP contribution in [0.1, 0.15) is 37.8 Å². The van der Waals surface area contributed by atoms with Crippen LogP contribution < -0.4 is 4.74 Å². The molecule has 1 aliphatic rings. The number of rotatable bonds is 9. The highest BCUT2D eigenvalue weighted by molar-refractivity contribution is 5.73. The van der Waals surface area contributed by atoms with Gasteiger partial charge in [0.25, 0.3) is 5.69 Å². The van der Waals surface area contributed by atoms with Gasteiger partial charge in [-0.25, -0.2) is 0 Å². The Bertz CT molecular complexity index is 929. The van der Waals surface area contributed by atoms with Gasteiger partial charge in [0.05, 0.1) is 12.0 Å². The molecule has 1 fully saturated rings. The molecule has 0 saturated carbocycles. The molecule has 3 rings (SSSR count). The van der Waals surface area contributed by atoms with Crippen LogP contribution in [-0.2, 0) is 11.3 Å². The van der Waals surface area contributed by atoms with Crippen LogP contribution in [0.3, 0.4) is 0 Å². The first-order chi connectivity index (χ1) is 15.3. The van der Waals surface area contributed by atoms with E-state index in [4.69, 9.17) is 4.74 Å². The fraction of sp³-hybridized carbons (Fsp3) is 0.480. The van der Waals surface area contributed by atoms with Crippen LogP contribution in [0.2, 0.25) is 0 Å². The Balaban J connectivity index is 1.80. The molecule has 0 unspecified atom stereocenters. The molecule has 1 saturated heterocycles. The van der Waals surface area contributed by atoms with Crippen LogP contribution in [-0.4, -0.2) is 53.9 Å². The minimum Gasteiger partial charge on any atom is -0.497 e. The fourth-order valence-electron chi connectivity index (χ4n) is 4.56. The number of amides is 1. The van der Waals surface area contributed by atoms with Gasteiger partial charge in [-0.1, -0.05) is 38.1 Å². The number of benzene rings is 2. The molecule has 0 N–H and O–H groups in total. The molecular weight excluding hydrogens is 406 g/mol. The summed E-state index contributed by atoms with van der Waals surface area (Å²) in [5, 5.41) is 10.9. The first-order valence-corrected chi connectivity index (χ1v) is 11.1. The summed E-state index contributed by atoms with van der Waals surface area (Å²) in [4.78, 5) is 27.2. The van der Waals surface area contributed by atoms with Crippen molar-refractivity contribution >= 4 is 11.6 Å². The predicted molar refractivity (Wildman–Crippen MR) is 125 cm³/mol. The van der Waals surface area contributed by atoms with E-state index >= 15 is 0 Å². The van der Waals surface area contributed by atoms with Crippen LogP contribution in [0.15, 0.2) is 48.5 Å². The number of hydrogen-bond donors (Lipinski definition) is 0. The van der Waals surface area contributed by atoms with Gasteiger partial charge in [0.1, 0.15) is 5.75 Å². The average molecular weight is 440 g/mol. The Morgan fingerprint density at radius 1 is 1.22 bits per heavy atom. The predicted octanol–water partition coefficient (Wildman–Crippen LogP) is 4.32. The van der Waals surface area contributed by atoms with Crippen LogP contribution in [0.5, 0.6) is 5.75 Å². The first kappa shape index (κ1) is 23.7. The summed E-state index contributed by atoms with van der Waals surface area (Å²) in [6.07, 6.45) is 0. The second kappa shape index (κ2) is 10.6. The molecule has 2 aromatic carbocycles. The molecule has 1 aliphatic heterocycles. The van der Waals surface area contributed by atoms with Gasteiger partial charge in [-0.3, -0.25) is 19.8 Å². The van der Waals surface area contributed by atoms with Crippen LogP contribution in [0.25, 0.3) is 0 Å². The second-order valence-corrected chi connectivity index (χ2v) is 9.08. The van der Waals surface area contributed by atoms with Gasteiger partial charge < -0.3 is 9.64 Å². The normalized spacial score (nSPS) is 18.7. The zero-order valence-electron chi connectivity index (χ0n) is 19.4. The molecule has 0 bridgehead atoms. The first-order valence-electron chi connectivity index (χ1n) is 11.1. The minimum absolute atomic E-state index is 0.105. The number of carbonyl (C=O) groups excluding carboxylic acids is 1. The standard InChI is InChI=1S/C25H33N3O4/c1-18(2)13-27(19(3)29)16-22-15-26(14-20-8-10-23(11-9-20)28(30)31)17-25(22)21-6-5-7-24(12-21)32-4/h5-12,18,22,25H,13-17H2,1-4H3/t22-,25+/m1/s1. The summed E-state index contributed by atoms with van der Waals surface area (Å²) in [6, 6.07) is 15.0. The quantitative estimate of drug-likeness (QED) is 0.430. The SMILES string of the molecule is COc1cccc([C@@H]2CN(Cc3ccc([N+](=O)[O-])cc3)C[C@@H]2CN(CC(C)C)C(C)=O)c1. The summed E-state index contributed by atoms with van der Waals surface area (Å²) < 4.78 is 5.44. The third-order valence-electron chi connectivity index (χ3n) is 6.08. The molecular formula is C25H33N3O4. The summed E-state index contributed by atoms with van der Waals surface area (Å²) in [7, 11) is 1.67. The lowest BCUT2D eigenvalue weighted by molar-refractivity contribution is -0.384. The molecule has 0 radical (unpaired) electrons. The number of nitro groups is 1. The van der Waals surface area contributed by atoms with Crippen molar-refractivity contribution in [2.75, 3.05) is 33.3 Å². The summed E-state index contributed by atoms with van der Waals surface area (Å²) >= 11 is 0. The molecule has 0 aromatic heterocycles. The van der Waals surface area contributed by atoms with E-state index in [9.17, 15) is 14.9 Å². The Hall–Kier alpha value is -2.93. The molecule has 7 heteroatoms. The smallest absolute Gasteiger partial charge is 0.269 e. The Morgan fingerprint density at radius 2 is 1.94 bits per heavy atom. The van der Waals surface area contributed by atoms with Crippen LogP contribution in [0.4, 0.5) is 5.69 Å². The second-order valence-electron chi connectivity index (χ2n) is 9.08. The third kappa shape index (κ3) is 6.07. The number of hydrogen-bond acceptors (Lipinski definition) is 5. The Kier molecular flexibility index (Phi) is 7.85. The number of ether oxygens (including phenoxy) is 1. The Labute approximate surface area is 190 Å². The van der Waals surface area contributed by atoms with E-state index in [0.717, 1.165) is 37.5 Å². The van der Waals surface area contributed by atoms with Gasteiger partial charge in [-0.2, -0.15) is 0 Å². The number of carbonyl (C=O) groups is 1. The van der Waals surface area contributed by atoms with Gasteiger partial charge in [0.15, 0.2) is 0 Å². The van der Waals surface area contributed by atoms with Crippen LogP contribution >= 0.6 is 0 Å². The topological polar surface area (TPSA) is 75.9 Å². The minimum atomic E-state index is -0.375. The lowest BCUT2D eigenvalue weighted by Crippen LogP contribution is -2.38. The molecule has 1 heterocycles. The highest BCUT2D eigenvalue weighted by atomic mass is 16.6. The van der Waals surface area contributed by atoms with E-state index in [1.165, 1.54) is 5.56 Å². The molecule has 7 nitrogen and oxygen atoms in total. The molecule has 0 spiro atoms. The highest BCUT2D eigenvalue weighted by Gasteiger charge is 2.35. The average Bonchev–Trinajstić information content (AvgIpc) is 3.15. The number of nitro benzene ring substituents is 1. The van der Waals surface area contributed by atoms with Gasteiger partial charge >= 0.3 is 0 Å². The van der Waals surface area contributed by atoms with Crippen molar-refractivity contribution in [2.24, 2.45) is 11.8 Å². The van der Waals surface area contributed by atoms with Gasteiger partial charge in [-0.15, -0.1) is 0 Å². The summed E-state index contributed by atoms with van der Waals surface area (Å²) in [5.74, 6) is 1.92. The van der Waals surface area contributed by atoms with Crippen LogP contribution in [0, 0.1) is 22.0 Å². The zero-order chi connectivity index (χ0) is 23.3. The van der Waals surface area contributed by atoms with Crippen molar-refractivity contribution in [3.63, 3.8) is 0 Å². The summed E-state index contributed by atoms with van der Waals surface area (Å²) in [6.45, 7) is 9.82. The highest BCUT2D eigenvalue weighted by Crippen LogP contribution is 2.35. The number of non-ortho nitro benzene ring substituents is 1. The number of nitrogens with zero attached hydrogens (tertiary/aromatic N) is 3. The van der Waals surface area contributed by atoms with Gasteiger partial charge in [0.2, 0.25) is 5.91 Å². The van der Waals surface area contributed by atoms with Gasteiger partial charge in [-0.05, 0) is 35.1 Å². The maximum Gasteiger partial charge on any atom is 0.269 e. The van der Waals surface area contributed by atoms with Crippen molar-refractivity contribution in [1.82, 2.24) is 9.80 Å². The molecule has 2 aromatic rings. The van der Waals surface area contributed by atoms with E-state index in [2.05, 4.69) is 30.9 Å². The van der Waals surface area contributed by atoms with Crippen molar-refractivity contribution in [3.05, 3.63) is 69.8 Å². The lowest BCUT2D eigenvalue weighted by Gasteiger charge is -2.29. The van der Waals surface area contributed by atoms with Crippen molar-refractivity contribution < 1.29 is 14.5 Å². The summed E-state index contributed by atoms with van der Waals surface area (Å²) in [5.41, 5.74) is 2.37. The van der Waals surface area contributed by atoms with E-state index in [-0.39, 0.29) is 22.4 Å². The monoisotopic (exact) mass is 439 g/mol. The fourth-order valence-corrected chi connectivity index (χ4v) is 4.56. The molecule has 172 valence electrons. The van der Waals surface area contributed by atoms with E-state index in [1.54, 1.807) is 26.2 Å². The molecule has 2 atom stereocenters. The zero-order valence-corrected chi connectivity index (χ0v) is 19.4. The van der Waals surface area contributed by atoms with E-state index in [1.807, 2.05) is 29.2 Å². The molecule has 0 aliphatic carbocycles. The number of likely N-dealkylation sites (tertiary alicyclic amines) is 1. The lowest BCUT2D eigenvalue weighted by atomic mass is 9.88. The molecule has 1 amide bonds. The largest absolute Gasteiger partial charge is 0.497 e. The van der Waals surface area contributed by atoms with Crippen molar-refractivity contribution in [1.29, 1.82) is 0 Å². The maximum atomic E-state index is 12.3.